The van der Waals surface area contributed by atoms with Crippen LogP contribution in [0.15, 0.2) is 23.9 Å². The second-order valence-electron chi connectivity index (χ2n) is 7.42. The number of nitrogens with two attached hydrogens (primary N) is 1. The summed E-state index contributed by atoms with van der Waals surface area (Å²) in [4.78, 5) is 41.0. The first-order valence-corrected chi connectivity index (χ1v) is 10.5. The van der Waals surface area contributed by atoms with Gasteiger partial charge in [-0.05, 0) is 45.0 Å². The molecule has 29 heavy (non-hydrogen) atoms. The van der Waals surface area contributed by atoms with E-state index in [-0.39, 0.29) is 11.5 Å². The number of nitrogens with one attached hydrogen (secondary N) is 1. The molecule has 1 aromatic heterocycles. The third kappa shape index (κ3) is 3.19. The first-order valence-electron chi connectivity index (χ1n) is 8.99. The number of hydrogen-bond donors (Lipinski definition) is 3. The summed E-state index contributed by atoms with van der Waals surface area (Å²) >= 11 is 0. The highest BCUT2D eigenvalue weighted by Gasteiger charge is 2.70. The Morgan fingerprint density at radius 3 is 2.62 bits per heavy atom. The summed E-state index contributed by atoms with van der Waals surface area (Å²) in [5.74, 6) is -2.33. The lowest BCUT2D eigenvalue weighted by molar-refractivity contribution is -0.152. The maximum Gasteiger partial charge on any atom is 0.328 e. The summed E-state index contributed by atoms with van der Waals surface area (Å²) in [6, 6.07) is 1.54. The molecule has 0 aromatic carbocycles. The van der Waals surface area contributed by atoms with Crippen LogP contribution in [-0.4, -0.2) is 70.4 Å². The largest absolute Gasteiger partial charge is 0.480 e. The number of pyridine rings is 1. The zero-order valence-corrected chi connectivity index (χ0v) is 16.8. The van der Waals surface area contributed by atoms with Gasteiger partial charge in [-0.15, -0.1) is 0 Å². The predicted octanol–water partition coefficient (Wildman–Crippen LogP) is -0.628. The number of rotatable bonds is 6. The molecule has 0 bridgehead atoms. The van der Waals surface area contributed by atoms with E-state index in [2.05, 4.69) is 10.3 Å². The molecule has 3 rings (SSSR count). The molecule has 156 valence electrons. The lowest BCUT2D eigenvalue weighted by atomic mass is 9.95. The van der Waals surface area contributed by atoms with Crippen molar-refractivity contribution in [1.29, 1.82) is 0 Å². The van der Waals surface area contributed by atoms with E-state index < -0.39 is 37.9 Å². The smallest absolute Gasteiger partial charge is 0.328 e. The van der Waals surface area contributed by atoms with Gasteiger partial charge in [0, 0.05) is 12.7 Å². The molecule has 1 aromatic rings. The molecule has 0 saturated carbocycles. The Labute approximate surface area is 167 Å². The molecule has 4 N–H and O–H groups in total. The van der Waals surface area contributed by atoms with Gasteiger partial charge in [0.25, 0.3) is 11.8 Å². The molecule has 2 amide bonds. The van der Waals surface area contributed by atoms with Crippen LogP contribution in [0.5, 0.6) is 0 Å². The minimum Gasteiger partial charge on any atom is -0.480 e. The van der Waals surface area contributed by atoms with Gasteiger partial charge in [-0.25, -0.2) is 13.2 Å². The standard InChI is InChI=1S/C18H22N4O6S/c1-18(2)13(17(25)26)22-15(24)12(16(22)29(18,27)28)8-11-5-4-10(9-21-11)14(23)20-7-3-6-19/h4-5,8-9,13,16H,3,6-7,19H2,1-2H3,(H,20,23)(H,25,26)/t13-,16+/m0/s1. The van der Waals surface area contributed by atoms with Gasteiger partial charge in [0.2, 0.25) is 0 Å². The van der Waals surface area contributed by atoms with E-state index in [9.17, 15) is 27.9 Å². The molecule has 0 radical (unpaired) electrons. The summed E-state index contributed by atoms with van der Waals surface area (Å²) in [6.07, 6.45) is 3.28. The normalized spacial score (nSPS) is 25.4. The van der Waals surface area contributed by atoms with E-state index in [0.717, 1.165) is 4.90 Å². The Hall–Kier alpha value is -2.79. The van der Waals surface area contributed by atoms with Crippen molar-refractivity contribution in [2.24, 2.45) is 5.73 Å². The van der Waals surface area contributed by atoms with Crippen LogP contribution in [0.25, 0.3) is 6.08 Å². The van der Waals surface area contributed by atoms with Crippen molar-refractivity contribution in [2.45, 2.75) is 36.4 Å². The number of carboxylic acid groups (broad SMARTS) is 1. The minimum atomic E-state index is -3.94. The van der Waals surface area contributed by atoms with Crippen molar-refractivity contribution in [2.75, 3.05) is 13.1 Å². The summed E-state index contributed by atoms with van der Waals surface area (Å²) < 4.78 is 24.0. The van der Waals surface area contributed by atoms with Crippen LogP contribution < -0.4 is 11.1 Å². The van der Waals surface area contributed by atoms with Crippen LogP contribution in [0.2, 0.25) is 0 Å². The van der Waals surface area contributed by atoms with E-state index in [0.29, 0.717) is 30.8 Å². The zero-order valence-electron chi connectivity index (χ0n) is 16.0. The van der Waals surface area contributed by atoms with E-state index in [4.69, 9.17) is 5.73 Å². The van der Waals surface area contributed by atoms with Crippen molar-refractivity contribution in [3.8, 4) is 0 Å². The average Bonchev–Trinajstić information content (AvgIpc) is 2.80. The van der Waals surface area contributed by atoms with Crippen molar-refractivity contribution < 1.29 is 27.9 Å². The molecule has 0 aliphatic carbocycles. The van der Waals surface area contributed by atoms with Crippen LogP contribution >= 0.6 is 0 Å². The number of sulfone groups is 1. The Balaban J connectivity index is 1.85. The van der Waals surface area contributed by atoms with E-state index >= 15 is 0 Å². The monoisotopic (exact) mass is 422 g/mol. The predicted molar refractivity (Wildman–Crippen MR) is 103 cm³/mol. The van der Waals surface area contributed by atoms with Crippen molar-refractivity contribution in [3.05, 3.63) is 35.2 Å². The van der Waals surface area contributed by atoms with Crippen LogP contribution in [0.4, 0.5) is 0 Å². The molecular weight excluding hydrogens is 400 g/mol. The first kappa shape index (κ1) is 20.9. The maximum atomic E-state index is 12.8. The Morgan fingerprint density at radius 1 is 1.38 bits per heavy atom. The van der Waals surface area contributed by atoms with Gasteiger partial charge < -0.3 is 21.1 Å². The summed E-state index contributed by atoms with van der Waals surface area (Å²) in [5, 5.41) is 10.8. The highest BCUT2D eigenvalue weighted by atomic mass is 32.2. The average molecular weight is 422 g/mol. The number of β-lactam (4-membered cyclic amide) rings is 1. The summed E-state index contributed by atoms with van der Waals surface area (Å²) in [5.41, 5.74) is 5.94. The summed E-state index contributed by atoms with van der Waals surface area (Å²) in [7, 11) is -3.94. The molecule has 2 atom stereocenters. The lowest BCUT2D eigenvalue weighted by Gasteiger charge is -2.37. The molecule has 2 saturated heterocycles. The fraction of sp³-hybridized carbons (Fsp3) is 0.444. The van der Waals surface area contributed by atoms with Gasteiger partial charge in [0.15, 0.2) is 21.3 Å². The molecule has 0 unspecified atom stereocenters. The number of aliphatic carboxylic acids is 1. The Kier molecular flexibility index (Phi) is 5.22. The zero-order chi connectivity index (χ0) is 21.6. The highest BCUT2D eigenvalue weighted by molar-refractivity contribution is 7.94. The van der Waals surface area contributed by atoms with Crippen molar-refractivity contribution >= 4 is 33.7 Å². The molecule has 3 heterocycles. The third-order valence-electron chi connectivity index (χ3n) is 5.22. The van der Waals surface area contributed by atoms with Gasteiger partial charge in [-0.2, -0.15) is 0 Å². The molecular formula is C18H22N4O6S. The van der Waals surface area contributed by atoms with Crippen molar-refractivity contribution in [1.82, 2.24) is 15.2 Å². The fourth-order valence-corrected chi connectivity index (χ4v) is 5.65. The fourth-order valence-electron chi connectivity index (χ4n) is 3.53. The third-order valence-corrected chi connectivity index (χ3v) is 7.98. The number of amides is 2. The number of hydrogen-bond acceptors (Lipinski definition) is 7. The van der Waals surface area contributed by atoms with Crippen LogP contribution in [0.1, 0.15) is 36.3 Å². The van der Waals surface area contributed by atoms with Gasteiger partial charge in [-0.1, -0.05) is 0 Å². The number of carbonyl (C=O) groups excluding carboxylic acids is 2. The molecule has 2 aliphatic rings. The van der Waals surface area contributed by atoms with E-state index in [1.165, 1.54) is 38.3 Å². The molecule has 11 heteroatoms. The topological polar surface area (TPSA) is 160 Å². The quantitative estimate of drug-likeness (QED) is 0.310. The molecule has 2 aliphatic heterocycles. The van der Waals surface area contributed by atoms with Gasteiger partial charge in [-0.3, -0.25) is 14.6 Å². The Morgan fingerprint density at radius 2 is 2.07 bits per heavy atom. The van der Waals surface area contributed by atoms with E-state index in [1.54, 1.807) is 0 Å². The second-order valence-corrected chi connectivity index (χ2v) is 10.0. The number of fused-ring (bicyclic) bond motifs is 1. The highest BCUT2D eigenvalue weighted by Crippen LogP contribution is 2.48. The molecule has 10 nitrogen and oxygen atoms in total. The lowest BCUT2D eigenvalue weighted by Crippen LogP contribution is -2.58. The maximum absolute atomic E-state index is 12.8. The summed E-state index contributed by atoms with van der Waals surface area (Å²) in [6.45, 7) is 3.51. The van der Waals surface area contributed by atoms with Gasteiger partial charge in [0.1, 0.15) is 4.75 Å². The second kappa shape index (κ2) is 7.23. The van der Waals surface area contributed by atoms with Gasteiger partial charge in [0.05, 0.1) is 16.8 Å². The number of nitrogens with zero attached hydrogens (tertiary/aromatic N) is 2. The van der Waals surface area contributed by atoms with Crippen LogP contribution in [0.3, 0.4) is 0 Å². The molecule has 2 fully saturated rings. The van der Waals surface area contributed by atoms with Crippen molar-refractivity contribution in [3.63, 3.8) is 0 Å². The number of carbonyl (C=O) groups is 3. The SMILES string of the molecule is CC1(C)[C@H](C(=O)O)N2C(=O)C(=Cc3ccc(C(=O)NCCCN)cn3)[C@H]2S1(=O)=O. The molecule has 0 spiro atoms. The van der Waals surface area contributed by atoms with E-state index in [1.807, 2.05) is 0 Å². The first-order chi connectivity index (χ1) is 13.5. The van der Waals surface area contributed by atoms with Gasteiger partial charge >= 0.3 is 5.97 Å². The number of carboxylic acids is 1. The Bertz CT molecular complexity index is 1000. The van der Waals surface area contributed by atoms with Crippen LogP contribution in [-0.2, 0) is 19.4 Å². The minimum absolute atomic E-state index is 0.0329. The number of aromatic nitrogens is 1. The van der Waals surface area contributed by atoms with Crippen LogP contribution in [0, 0.1) is 0 Å².